The van der Waals surface area contributed by atoms with Crippen molar-refractivity contribution in [1.82, 2.24) is 24.4 Å². The zero-order valence-corrected chi connectivity index (χ0v) is 28.3. The van der Waals surface area contributed by atoms with E-state index < -0.39 is 46.0 Å². The Hall–Kier alpha value is -4.61. The molecule has 3 aromatic heterocycles. The molecule has 0 aliphatic carbocycles. The van der Waals surface area contributed by atoms with E-state index in [0.29, 0.717) is 5.69 Å². The van der Waals surface area contributed by atoms with Crippen molar-refractivity contribution in [2.75, 3.05) is 18.0 Å². The van der Waals surface area contributed by atoms with Crippen LogP contribution in [0.5, 0.6) is 5.75 Å². The van der Waals surface area contributed by atoms with Crippen LogP contribution < -0.4 is 10.6 Å². The number of pyridine rings is 2. The van der Waals surface area contributed by atoms with Crippen molar-refractivity contribution in [3.63, 3.8) is 0 Å². The number of rotatable bonds is 5. The third-order valence-electron chi connectivity index (χ3n) is 8.36. The van der Waals surface area contributed by atoms with Gasteiger partial charge in [0.1, 0.15) is 28.7 Å². The number of ether oxygens (including phenoxy) is 1. The second-order valence-corrected chi connectivity index (χ2v) is 13.8. The number of anilines is 1. The number of carbonyl (C=O) groups excluding carboxylic acids is 1. The smallest absolute Gasteiger partial charge is 0.410 e. The van der Waals surface area contributed by atoms with E-state index >= 15 is 8.78 Å². The monoisotopic (exact) mass is 648 g/mol. The highest BCUT2D eigenvalue weighted by Crippen LogP contribution is 2.38. The number of aromatic hydroxyl groups is 1. The number of benzene rings is 1. The normalized spacial score (nSPS) is 17.2. The molecule has 1 aromatic carbocycles. The summed E-state index contributed by atoms with van der Waals surface area (Å²) in [5, 5.41) is 10.8. The molecule has 5 rings (SSSR count). The maximum Gasteiger partial charge on any atom is 0.410 e. The fourth-order valence-electron chi connectivity index (χ4n) is 6.04. The Kier molecular flexibility index (Phi) is 9.00. The summed E-state index contributed by atoms with van der Waals surface area (Å²) < 4.78 is 38.2. The van der Waals surface area contributed by atoms with Crippen LogP contribution in [0, 0.1) is 11.6 Å². The average molecular weight is 649 g/mol. The molecule has 4 aromatic rings. The van der Waals surface area contributed by atoms with Crippen molar-refractivity contribution >= 4 is 22.9 Å². The Balaban J connectivity index is 1.80. The molecule has 1 amide bonds. The number of nitrogens with zero attached hydrogens (tertiary/aromatic N) is 6. The van der Waals surface area contributed by atoms with Gasteiger partial charge in [-0.1, -0.05) is 33.8 Å². The number of hydrogen-bond acceptors (Lipinski definition) is 8. The van der Waals surface area contributed by atoms with Crippen molar-refractivity contribution in [2.45, 2.75) is 91.8 Å². The van der Waals surface area contributed by atoms with E-state index in [0.717, 1.165) is 17.2 Å². The number of amides is 1. The summed E-state index contributed by atoms with van der Waals surface area (Å²) in [5.74, 6) is -2.19. The van der Waals surface area contributed by atoms with Crippen LogP contribution in [0.2, 0.25) is 0 Å². The van der Waals surface area contributed by atoms with Gasteiger partial charge in [0.15, 0.2) is 11.5 Å². The Labute approximate surface area is 273 Å². The lowest BCUT2D eigenvalue weighted by molar-refractivity contribution is 0.0130. The molecular weight excluding hydrogens is 606 g/mol. The number of piperazine rings is 1. The molecule has 1 aliphatic rings. The summed E-state index contributed by atoms with van der Waals surface area (Å²) in [6, 6.07) is 4.17. The molecule has 0 bridgehead atoms. The van der Waals surface area contributed by atoms with Crippen molar-refractivity contribution < 1.29 is 23.4 Å². The molecule has 250 valence electrons. The maximum atomic E-state index is 16.1. The Morgan fingerprint density at radius 3 is 2.19 bits per heavy atom. The summed E-state index contributed by atoms with van der Waals surface area (Å²) in [5.41, 5.74) is -0.127. The van der Waals surface area contributed by atoms with Gasteiger partial charge in [-0.25, -0.2) is 27.9 Å². The van der Waals surface area contributed by atoms with E-state index in [4.69, 9.17) is 4.74 Å². The molecule has 0 spiro atoms. The van der Waals surface area contributed by atoms with Gasteiger partial charge in [0.2, 0.25) is 0 Å². The minimum absolute atomic E-state index is 0.0449. The summed E-state index contributed by atoms with van der Waals surface area (Å²) in [7, 11) is 0. The predicted molar refractivity (Wildman–Crippen MR) is 177 cm³/mol. The van der Waals surface area contributed by atoms with Gasteiger partial charge in [-0.3, -0.25) is 4.98 Å². The van der Waals surface area contributed by atoms with Crippen LogP contribution in [0.3, 0.4) is 0 Å². The minimum Gasteiger partial charge on any atom is -0.507 e. The van der Waals surface area contributed by atoms with Gasteiger partial charge >= 0.3 is 11.8 Å². The van der Waals surface area contributed by atoms with Crippen LogP contribution in [-0.2, 0) is 4.74 Å². The van der Waals surface area contributed by atoms with Crippen LogP contribution >= 0.6 is 0 Å². The molecule has 12 heteroatoms. The lowest BCUT2D eigenvalue weighted by Gasteiger charge is -2.44. The SMILES string of the molecule is CC(C)c1cncc(C(C)C)c1-n1c(=O)nc(N2C[C@@H](C)N(C(=O)OC(C)(C)C)C[C@@H]2C)c2cc(F)c(-c3c(O)cccc3F)nc21. The minimum atomic E-state index is -0.901. The van der Waals surface area contributed by atoms with Crippen molar-refractivity contribution in [1.29, 1.82) is 0 Å². The summed E-state index contributed by atoms with van der Waals surface area (Å²) in [6.07, 6.45) is 2.92. The topological polar surface area (TPSA) is 114 Å². The number of carbonyl (C=O) groups is 1. The van der Waals surface area contributed by atoms with E-state index in [1.165, 1.54) is 22.8 Å². The molecule has 47 heavy (non-hydrogen) atoms. The fourth-order valence-corrected chi connectivity index (χ4v) is 6.04. The first-order valence-corrected chi connectivity index (χ1v) is 15.9. The third kappa shape index (κ3) is 6.37. The fraction of sp³-hybridized carbons (Fsp3) is 0.457. The van der Waals surface area contributed by atoms with E-state index in [1.54, 1.807) is 38.1 Å². The van der Waals surface area contributed by atoms with Crippen molar-refractivity contribution in [3.05, 3.63) is 69.9 Å². The Morgan fingerprint density at radius 1 is 0.979 bits per heavy atom. The molecule has 1 fully saturated rings. The molecule has 4 heterocycles. The van der Waals surface area contributed by atoms with Crippen LogP contribution in [0.25, 0.3) is 28.0 Å². The standard InChI is InChI=1S/C35H42F2N6O4/c1-18(2)23-14-38-15-24(19(3)4)30(23)43-32-22(13-26(37)29(39-32)28-25(36)11-10-12-27(28)44)31(40-33(43)45)41-16-21(6)42(17-20(41)5)34(46)47-35(7,8)9/h10-15,18-21,44H,16-17H2,1-9H3/t20-,21+/m0/s1. The molecule has 10 nitrogen and oxygen atoms in total. The number of fused-ring (bicyclic) bond motifs is 1. The van der Waals surface area contributed by atoms with Gasteiger partial charge in [0.25, 0.3) is 0 Å². The second-order valence-electron chi connectivity index (χ2n) is 13.8. The summed E-state index contributed by atoms with van der Waals surface area (Å²) >= 11 is 0. The molecule has 1 N–H and O–H groups in total. The first kappa shape index (κ1) is 33.7. The molecule has 0 radical (unpaired) electrons. The Morgan fingerprint density at radius 2 is 1.62 bits per heavy atom. The van der Waals surface area contributed by atoms with Crippen LogP contribution in [-0.4, -0.2) is 66.4 Å². The van der Waals surface area contributed by atoms with E-state index in [9.17, 15) is 14.7 Å². The second kappa shape index (κ2) is 12.5. The molecule has 0 saturated carbocycles. The first-order valence-electron chi connectivity index (χ1n) is 15.9. The highest BCUT2D eigenvalue weighted by Gasteiger charge is 2.37. The number of halogens is 2. The molecule has 2 atom stereocenters. The highest BCUT2D eigenvalue weighted by atomic mass is 19.1. The summed E-state index contributed by atoms with van der Waals surface area (Å²) in [4.78, 5) is 44.4. The van der Waals surface area contributed by atoms with Gasteiger partial charge in [0, 0.05) is 37.6 Å². The lowest BCUT2D eigenvalue weighted by Crippen LogP contribution is -2.59. The molecule has 0 unspecified atom stereocenters. The number of hydrogen-bond donors (Lipinski definition) is 1. The van der Waals surface area contributed by atoms with Gasteiger partial charge in [-0.2, -0.15) is 4.98 Å². The van der Waals surface area contributed by atoms with Crippen LogP contribution in [0.15, 0.2) is 41.5 Å². The lowest BCUT2D eigenvalue weighted by atomic mass is 9.95. The van der Waals surface area contributed by atoms with Gasteiger partial charge in [-0.05, 0) is 75.8 Å². The molecule has 1 saturated heterocycles. The number of phenolic OH excluding ortho intramolecular Hbond substituents is 1. The Bertz CT molecular complexity index is 1860. The van der Waals surface area contributed by atoms with E-state index in [2.05, 4.69) is 15.0 Å². The number of phenols is 1. The number of aromatic nitrogens is 4. The molecular formula is C35H42F2N6O4. The van der Waals surface area contributed by atoms with Crippen molar-refractivity contribution in [2.24, 2.45) is 0 Å². The van der Waals surface area contributed by atoms with Gasteiger partial charge in [0.05, 0.1) is 16.6 Å². The zero-order chi connectivity index (χ0) is 34.5. The third-order valence-corrected chi connectivity index (χ3v) is 8.36. The first-order chi connectivity index (χ1) is 22.0. The van der Waals surface area contributed by atoms with E-state index in [-0.39, 0.29) is 53.9 Å². The van der Waals surface area contributed by atoms with Gasteiger partial charge in [-0.15, -0.1) is 0 Å². The quantitative estimate of drug-likeness (QED) is 0.249. The summed E-state index contributed by atoms with van der Waals surface area (Å²) in [6.45, 7) is 17.6. The molecule has 1 aliphatic heterocycles. The van der Waals surface area contributed by atoms with Crippen LogP contribution in [0.4, 0.5) is 19.4 Å². The van der Waals surface area contributed by atoms with Crippen molar-refractivity contribution in [3.8, 4) is 22.7 Å². The largest absolute Gasteiger partial charge is 0.507 e. The van der Waals surface area contributed by atoms with Gasteiger partial charge < -0.3 is 19.6 Å². The highest BCUT2D eigenvalue weighted by molar-refractivity contribution is 5.91. The maximum absolute atomic E-state index is 16.1. The zero-order valence-electron chi connectivity index (χ0n) is 28.3. The van der Waals surface area contributed by atoms with Crippen LogP contribution in [0.1, 0.15) is 85.3 Å². The predicted octanol–water partition coefficient (Wildman–Crippen LogP) is 6.91. The average Bonchev–Trinajstić information content (AvgIpc) is 2.97. The van der Waals surface area contributed by atoms with E-state index in [1.807, 2.05) is 46.4 Å².